The van der Waals surface area contributed by atoms with Gasteiger partial charge in [0.1, 0.15) is 11.1 Å². The Morgan fingerprint density at radius 1 is 0.963 bits per heavy atom. The van der Waals surface area contributed by atoms with Gasteiger partial charge in [-0.3, -0.25) is 9.67 Å². The molecule has 5 nitrogen and oxygen atoms in total. The van der Waals surface area contributed by atoms with Crippen LogP contribution in [0.1, 0.15) is 0 Å². The molecule has 0 saturated carbocycles. The Bertz CT molecular complexity index is 1120. The average Bonchev–Trinajstić information content (AvgIpc) is 3.37. The van der Waals surface area contributed by atoms with E-state index in [0.717, 1.165) is 33.4 Å². The van der Waals surface area contributed by atoms with Crippen LogP contribution in [0.2, 0.25) is 0 Å². The van der Waals surface area contributed by atoms with Gasteiger partial charge in [-0.15, -0.1) is 18.8 Å². The van der Waals surface area contributed by atoms with Crippen LogP contribution >= 0.6 is 0 Å². The summed E-state index contributed by atoms with van der Waals surface area (Å²) in [5.74, 6) is 0. The molecule has 5 aromatic rings. The molecule has 2 aromatic carbocycles. The predicted molar refractivity (Wildman–Crippen MR) is 103 cm³/mol. The van der Waals surface area contributed by atoms with Crippen LogP contribution in [0.3, 0.4) is 0 Å². The number of aromatic nitrogens is 3. The van der Waals surface area contributed by atoms with Crippen molar-refractivity contribution in [3.63, 3.8) is 0 Å². The van der Waals surface area contributed by atoms with Crippen molar-refractivity contribution < 1.29 is 24.5 Å². The van der Waals surface area contributed by atoms with E-state index in [1.54, 1.807) is 24.1 Å². The Labute approximate surface area is 170 Å². The molecule has 27 heavy (non-hydrogen) atoms. The van der Waals surface area contributed by atoms with Crippen molar-refractivity contribution in [3.8, 4) is 5.69 Å². The van der Waals surface area contributed by atoms with E-state index in [1.807, 2.05) is 66.9 Å². The molecule has 0 aliphatic carbocycles. The summed E-state index contributed by atoms with van der Waals surface area (Å²) in [5, 5.41) is 9.29. The van der Waals surface area contributed by atoms with E-state index < -0.39 is 0 Å². The fourth-order valence-electron chi connectivity index (χ4n) is 2.75. The maximum atomic E-state index is 5.67. The van der Waals surface area contributed by atoms with Gasteiger partial charge in [-0.2, -0.15) is 29.4 Å². The van der Waals surface area contributed by atoms with E-state index in [9.17, 15) is 0 Å². The summed E-state index contributed by atoms with van der Waals surface area (Å²) in [5.41, 5.74) is 4.42. The summed E-state index contributed by atoms with van der Waals surface area (Å²) >= 11 is 0. The van der Waals surface area contributed by atoms with Gasteiger partial charge in [-0.25, -0.2) is 0 Å². The SMILES string of the molecule is C[N-]c1cccc2oc3cccnc3c12.[Ir].[c-]1ccccc1-n1cccn1. The minimum absolute atomic E-state index is 0. The molecule has 0 N–H and O–H groups in total. The molecule has 3 heterocycles. The van der Waals surface area contributed by atoms with Crippen molar-refractivity contribution in [3.05, 3.63) is 90.6 Å². The second kappa shape index (κ2) is 8.62. The van der Waals surface area contributed by atoms with Crippen LogP contribution in [0.4, 0.5) is 5.69 Å². The zero-order valence-corrected chi connectivity index (χ0v) is 16.9. The second-order valence-corrected chi connectivity index (χ2v) is 5.52. The quantitative estimate of drug-likeness (QED) is 0.291. The van der Waals surface area contributed by atoms with Crippen LogP contribution < -0.4 is 0 Å². The van der Waals surface area contributed by atoms with Crippen molar-refractivity contribution in [1.82, 2.24) is 14.8 Å². The maximum absolute atomic E-state index is 5.67. The van der Waals surface area contributed by atoms with E-state index in [2.05, 4.69) is 21.5 Å². The normalized spacial score (nSPS) is 10.1. The molecule has 0 atom stereocenters. The number of hydrogen-bond donors (Lipinski definition) is 0. The first-order chi connectivity index (χ1) is 12.9. The summed E-state index contributed by atoms with van der Waals surface area (Å²) in [6.07, 6.45) is 5.41. The Morgan fingerprint density at radius 3 is 2.59 bits per heavy atom. The summed E-state index contributed by atoms with van der Waals surface area (Å²) < 4.78 is 7.45. The molecule has 1 radical (unpaired) electrons. The molecule has 0 fully saturated rings. The van der Waals surface area contributed by atoms with Gasteiger partial charge in [0.05, 0.1) is 0 Å². The van der Waals surface area contributed by atoms with E-state index in [4.69, 9.17) is 4.42 Å². The molecule has 0 bridgehead atoms. The summed E-state index contributed by atoms with van der Waals surface area (Å²) in [6.45, 7) is 0. The first kappa shape index (κ1) is 18.8. The number of furan rings is 1. The molecule has 6 heteroatoms. The Hall–Kier alpha value is -2.95. The van der Waals surface area contributed by atoms with Crippen LogP contribution in [0, 0.1) is 6.07 Å². The molecule has 0 amide bonds. The van der Waals surface area contributed by atoms with Crippen LogP contribution in [-0.2, 0) is 20.1 Å². The minimum atomic E-state index is 0. The topological polar surface area (TPSA) is 58.0 Å². The van der Waals surface area contributed by atoms with Crippen molar-refractivity contribution in [2.24, 2.45) is 0 Å². The van der Waals surface area contributed by atoms with Crippen molar-refractivity contribution >= 4 is 27.8 Å². The molecule has 5 rings (SSSR count). The zero-order valence-electron chi connectivity index (χ0n) is 14.5. The number of benzene rings is 2. The van der Waals surface area contributed by atoms with Crippen LogP contribution in [0.25, 0.3) is 33.1 Å². The fourth-order valence-corrected chi connectivity index (χ4v) is 2.75. The fraction of sp³-hybridized carbons (Fsp3) is 0.0476. The van der Waals surface area contributed by atoms with Crippen molar-refractivity contribution in [2.45, 2.75) is 0 Å². The third-order valence-electron chi connectivity index (χ3n) is 3.92. The molecule has 0 aliphatic heterocycles. The zero-order chi connectivity index (χ0) is 17.8. The third kappa shape index (κ3) is 3.92. The van der Waals surface area contributed by atoms with Gasteiger partial charge in [0, 0.05) is 44.1 Å². The second-order valence-electron chi connectivity index (χ2n) is 5.52. The molecule has 0 unspecified atom stereocenters. The first-order valence-electron chi connectivity index (χ1n) is 8.19. The number of rotatable bonds is 2. The Balaban J connectivity index is 0.000000157. The summed E-state index contributed by atoms with van der Waals surface area (Å²) in [4.78, 5) is 4.32. The molecular formula is C21H16IrN4O-2. The number of para-hydroxylation sites is 1. The smallest absolute Gasteiger partial charge is 0.153 e. The van der Waals surface area contributed by atoms with Gasteiger partial charge >= 0.3 is 0 Å². The first-order valence-corrected chi connectivity index (χ1v) is 8.19. The number of hydrogen-bond acceptors (Lipinski definition) is 3. The van der Waals surface area contributed by atoms with Gasteiger partial charge in [0.2, 0.25) is 0 Å². The van der Waals surface area contributed by atoms with Gasteiger partial charge < -0.3 is 9.73 Å². The van der Waals surface area contributed by atoms with Gasteiger partial charge in [-0.05, 0) is 30.0 Å². The van der Waals surface area contributed by atoms with Crippen molar-refractivity contribution in [1.29, 1.82) is 0 Å². The maximum Gasteiger partial charge on any atom is 0.153 e. The van der Waals surface area contributed by atoms with Crippen LogP contribution in [0.15, 0.2) is 83.7 Å². The molecule has 0 spiro atoms. The number of pyridine rings is 1. The Morgan fingerprint density at radius 2 is 1.85 bits per heavy atom. The van der Waals surface area contributed by atoms with Crippen molar-refractivity contribution in [2.75, 3.05) is 7.05 Å². The van der Waals surface area contributed by atoms with Gasteiger partial charge in [0.15, 0.2) is 5.58 Å². The molecular weight excluding hydrogens is 516 g/mol. The van der Waals surface area contributed by atoms with Crippen LogP contribution in [-0.4, -0.2) is 21.8 Å². The third-order valence-corrected chi connectivity index (χ3v) is 3.92. The minimum Gasteiger partial charge on any atom is -0.686 e. The van der Waals surface area contributed by atoms with Crippen LogP contribution in [0.5, 0.6) is 0 Å². The average molecular weight is 533 g/mol. The monoisotopic (exact) mass is 533 g/mol. The predicted octanol–water partition coefficient (Wildman–Crippen LogP) is 5.29. The largest absolute Gasteiger partial charge is 0.686 e. The van der Waals surface area contributed by atoms with E-state index >= 15 is 0 Å². The number of nitrogens with zero attached hydrogens (tertiary/aromatic N) is 4. The van der Waals surface area contributed by atoms with E-state index in [1.165, 1.54) is 0 Å². The molecule has 0 saturated heterocycles. The molecule has 0 aliphatic rings. The Kier molecular flexibility index (Phi) is 6.01. The molecule has 3 aromatic heterocycles. The van der Waals surface area contributed by atoms with E-state index in [-0.39, 0.29) is 20.1 Å². The van der Waals surface area contributed by atoms with E-state index in [0.29, 0.717) is 0 Å². The molecule has 137 valence electrons. The summed E-state index contributed by atoms with van der Waals surface area (Å²) in [7, 11) is 1.77. The standard InChI is InChI=1S/C12H9N2O.C9H7N2.Ir/c1-13-8-4-2-5-9-11(8)12-10(15-9)6-3-7-14-12;1-2-5-9(6-3-1)11-8-4-7-10-11;/h2-7H,1H3;1-5,7-8H;/q2*-1;. The van der Waals surface area contributed by atoms with Gasteiger partial charge in [0.25, 0.3) is 0 Å². The summed E-state index contributed by atoms with van der Waals surface area (Å²) in [6, 6.07) is 22.3. The van der Waals surface area contributed by atoms with Gasteiger partial charge in [-0.1, -0.05) is 12.1 Å². The number of fused-ring (bicyclic) bond motifs is 3.